The Balaban J connectivity index is 1.56. The summed E-state index contributed by atoms with van der Waals surface area (Å²) < 4.78 is 0. The van der Waals surface area contributed by atoms with Crippen molar-refractivity contribution in [2.24, 2.45) is 10.4 Å². The Bertz CT molecular complexity index is 488. The monoisotopic (exact) mass is 349 g/mol. The predicted molar refractivity (Wildman–Crippen MR) is 102 cm³/mol. The Morgan fingerprint density at radius 2 is 2.20 bits per heavy atom. The van der Waals surface area contributed by atoms with Gasteiger partial charge in [-0.15, -0.1) is 0 Å². The van der Waals surface area contributed by atoms with E-state index in [1.807, 2.05) is 0 Å². The standard InChI is InChI=1S/C19H35N5O/c1-3-20-18(21-10-12-23(2)16-7-4-5-8-16)24-11-6-9-19(15-24)13-17(25)22-14-19/h16H,3-15H2,1-2H3,(H,20,21)(H,22,25). The van der Waals surface area contributed by atoms with E-state index in [1.165, 1.54) is 25.7 Å². The van der Waals surface area contributed by atoms with Crippen molar-refractivity contribution < 1.29 is 4.79 Å². The van der Waals surface area contributed by atoms with Crippen LogP contribution in [0.2, 0.25) is 0 Å². The van der Waals surface area contributed by atoms with Gasteiger partial charge in [-0.25, -0.2) is 0 Å². The van der Waals surface area contributed by atoms with Crippen molar-refractivity contribution in [1.82, 2.24) is 20.4 Å². The van der Waals surface area contributed by atoms with E-state index in [1.54, 1.807) is 0 Å². The third-order valence-corrected chi connectivity index (χ3v) is 6.15. The molecule has 25 heavy (non-hydrogen) atoms. The Morgan fingerprint density at radius 3 is 2.88 bits per heavy atom. The highest BCUT2D eigenvalue weighted by atomic mass is 16.1. The van der Waals surface area contributed by atoms with Crippen LogP contribution in [0.25, 0.3) is 0 Å². The molecule has 6 nitrogen and oxygen atoms in total. The quantitative estimate of drug-likeness (QED) is 0.582. The van der Waals surface area contributed by atoms with E-state index >= 15 is 0 Å². The zero-order valence-electron chi connectivity index (χ0n) is 16.0. The number of hydrogen-bond donors (Lipinski definition) is 2. The van der Waals surface area contributed by atoms with Gasteiger partial charge in [-0.3, -0.25) is 9.79 Å². The summed E-state index contributed by atoms with van der Waals surface area (Å²) in [7, 11) is 2.24. The van der Waals surface area contributed by atoms with Crippen LogP contribution in [0.1, 0.15) is 51.9 Å². The largest absolute Gasteiger partial charge is 0.357 e. The number of hydrogen-bond acceptors (Lipinski definition) is 3. The zero-order valence-corrected chi connectivity index (χ0v) is 16.0. The molecule has 2 heterocycles. The second-order valence-corrected chi connectivity index (χ2v) is 8.13. The molecule has 2 saturated heterocycles. The molecule has 0 bridgehead atoms. The minimum atomic E-state index is 0.117. The fraction of sp³-hybridized carbons (Fsp3) is 0.895. The summed E-state index contributed by atoms with van der Waals surface area (Å²) in [6.07, 6.45) is 8.40. The van der Waals surface area contributed by atoms with Gasteiger partial charge in [0.25, 0.3) is 0 Å². The van der Waals surface area contributed by atoms with Crippen molar-refractivity contribution in [2.45, 2.75) is 57.9 Å². The number of likely N-dealkylation sites (tertiary alicyclic amines) is 1. The number of likely N-dealkylation sites (N-methyl/N-ethyl adjacent to an activating group) is 1. The number of guanidine groups is 1. The second-order valence-electron chi connectivity index (χ2n) is 8.13. The summed E-state index contributed by atoms with van der Waals surface area (Å²) in [5.74, 6) is 1.24. The number of carbonyl (C=O) groups excluding carboxylic acids is 1. The van der Waals surface area contributed by atoms with E-state index in [4.69, 9.17) is 4.99 Å². The lowest BCUT2D eigenvalue weighted by Crippen LogP contribution is -2.51. The maximum atomic E-state index is 11.7. The summed E-state index contributed by atoms with van der Waals surface area (Å²) in [6, 6.07) is 0.756. The highest BCUT2D eigenvalue weighted by Gasteiger charge is 2.42. The fourth-order valence-electron chi connectivity index (χ4n) is 4.70. The van der Waals surface area contributed by atoms with Crippen LogP contribution in [-0.2, 0) is 4.79 Å². The van der Waals surface area contributed by atoms with E-state index < -0.39 is 0 Å². The van der Waals surface area contributed by atoms with Gasteiger partial charge < -0.3 is 20.4 Å². The average molecular weight is 350 g/mol. The molecule has 6 heteroatoms. The van der Waals surface area contributed by atoms with Crippen LogP contribution in [0, 0.1) is 5.41 Å². The molecular formula is C19H35N5O. The van der Waals surface area contributed by atoms with E-state index in [9.17, 15) is 4.79 Å². The lowest BCUT2D eigenvalue weighted by atomic mass is 9.79. The summed E-state index contributed by atoms with van der Waals surface area (Å²) >= 11 is 0. The molecule has 142 valence electrons. The molecule has 0 radical (unpaired) electrons. The maximum Gasteiger partial charge on any atom is 0.220 e. The summed E-state index contributed by atoms with van der Waals surface area (Å²) in [5, 5.41) is 6.49. The van der Waals surface area contributed by atoms with E-state index in [0.29, 0.717) is 6.42 Å². The lowest BCUT2D eigenvalue weighted by Gasteiger charge is -2.40. The van der Waals surface area contributed by atoms with Gasteiger partial charge in [0.2, 0.25) is 5.91 Å². The number of piperidine rings is 1. The molecule has 1 unspecified atom stereocenters. The number of rotatable bonds is 5. The topological polar surface area (TPSA) is 60.0 Å². The van der Waals surface area contributed by atoms with Crippen LogP contribution in [0.4, 0.5) is 0 Å². The van der Waals surface area contributed by atoms with E-state index in [2.05, 4.69) is 34.4 Å². The molecule has 1 spiro atoms. The normalized spacial score (nSPS) is 28.2. The van der Waals surface area contributed by atoms with Crippen LogP contribution in [0.15, 0.2) is 4.99 Å². The molecule has 1 aliphatic carbocycles. The summed E-state index contributed by atoms with van der Waals surface area (Å²) in [6.45, 7) is 7.69. The molecule has 2 aliphatic heterocycles. The number of nitrogens with zero attached hydrogens (tertiary/aromatic N) is 3. The number of carbonyl (C=O) groups is 1. The molecular weight excluding hydrogens is 314 g/mol. The molecule has 0 aromatic carbocycles. The SMILES string of the molecule is CCNC(=NCCN(C)C1CCCC1)N1CCCC2(CNC(=O)C2)C1. The van der Waals surface area contributed by atoms with Gasteiger partial charge in [0.05, 0.1) is 6.54 Å². The maximum absolute atomic E-state index is 11.7. The van der Waals surface area contributed by atoms with Crippen molar-refractivity contribution >= 4 is 11.9 Å². The highest BCUT2D eigenvalue weighted by Crippen LogP contribution is 2.36. The van der Waals surface area contributed by atoms with Crippen molar-refractivity contribution in [3.05, 3.63) is 0 Å². The van der Waals surface area contributed by atoms with Gasteiger partial charge in [0.1, 0.15) is 0 Å². The minimum absolute atomic E-state index is 0.117. The first-order chi connectivity index (χ1) is 12.1. The number of nitrogens with one attached hydrogen (secondary N) is 2. The Hall–Kier alpha value is -1.30. The summed E-state index contributed by atoms with van der Waals surface area (Å²) in [4.78, 5) is 21.5. The van der Waals surface area contributed by atoms with Gasteiger partial charge in [-0.05, 0) is 39.7 Å². The van der Waals surface area contributed by atoms with Crippen molar-refractivity contribution in [1.29, 1.82) is 0 Å². The van der Waals surface area contributed by atoms with Gasteiger partial charge >= 0.3 is 0 Å². The van der Waals surface area contributed by atoms with Crippen LogP contribution in [-0.4, -0.2) is 74.0 Å². The van der Waals surface area contributed by atoms with Crippen LogP contribution < -0.4 is 10.6 Å². The van der Waals surface area contributed by atoms with E-state index in [0.717, 1.165) is 64.1 Å². The third kappa shape index (κ3) is 4.66. The predicted octanol–water partition coefficient (Wildman–Crippen LogP) is 1.43. The fourth-order valence-corrected chi connectivity index (χ4v) is 4.70. The summed E-state index contributed by atoms with van der Waals surface area (Å²) in [5.41, 5.74) is 0.117. The molecule has 2 N–H and O–H groups in total. The van der Waals surface area contributed by atoms with Gasteiger partial charge in [-0.1, -0.05) is 12.8 Å². The van der Waals surface area contributed by atoms with Gasteiger partial charge in [0.15, 0.2) is 5.96 Å². The van der Waals surface area contributed by atoms with Crippen molar-refractivity contribution in [3.63, 3.8) is 0 Å². The average Bonchev–Trinajstić information content (AvgIpc) is 3.25. The Kier molecular flexibility index (Phi) is 6.20. The molecule has 3 aliphatic rings. The second kappa shape index (κ2) is 8.39. The Labute approximate surface area is 152 Å². The number of aliphatic imine (C=N–C) groups is 1. The van der Waals surface area contributed by atoms with Gasteiger partial charge in [-0.2, -0.15) is 0 Å². The first kappa shape index (κ1) is 18.5. The molecule has 1 amide bonds. The van der Waals surface area contributed by atoms with Crippen LogP contribution in [0.5, 0.6) is 0 Å². The molecule has 3 fully saturated rings. The van der Waals surface area contributed by atoms with Crippen LogP contribution >= 0.6 is 0 Å². The smallest absolute Gasteiger partial charge is 0.220 e. The molecule has 0 aromatic heterocycles. The molecule has 1 atom stereocenters. The van der Waals surface area contributed by atoms with E-state index in [-0.39, 0.29) is 11.3 Å². The zero-order chi connectivity index (χ0) is 17.7. The van der Waals surface area contributed by atoms with Crippen molar-refractivity contribution in [2.75, 3.05) is 46.3 Å². The first-order valence-corrected chi connectivity index (χ1v) is 10.1. The highest BCUT2D eigenvalue weighted by molar-refractivity contribution is 5.81. The molecule has 0 aromatic rings. The third-order valence-electron chi connectivity index (χ3n) is 6.15. The minimum Gasteiger partial charge on any atom is -0.357 e. The number of amides is 1. The van der Waals surface area contributed by atoms with Gasteiger partial charge in [0, 0.05) is 50.6 Å². The molecule has 1 saturated carbocycles. The first-order valence-electron chi connectivity index (χ1n) is 10.1. The molecule has 3 rings (SSSR count). The lowest BCUT2D eigenvalue weighted by molar-refractivity contribution is -0.119. The van der Waals surface area contributed by atoms with Crippen LogP contribution in [0.3, 0.4) is 0 Å². The van der Waals surface area contributed by atoms with Crippen molar-refractivity contribution in [3.8, 4) is 0 Å². The Morgan fingerprint density at radius 1 is 1.40 bits per heavy atom.